The number of aromatic nitrogens is 1. The van der Waals surface area contributed by atoms with Crippen LogP contribution in [0.5, 0.6) is 0 Å². The van der Waals surface area contributed by atoms with Gasteiger partial charge in [-0.1, -0.05) is 6.92 Å². The normalized spacial score (nSPS) is 24.0. The molecule has 1 amide bonds. The lowest BCUT2D eigenvalue weighted by Gasteiger charge is -2.30. The average Bonchev–Trinajstić information content (AvgIpc) is 2.49. The zero-order chi connectivity index (χ0) is 14.8. The third-order valence-corrected chi connectivity index (χ3v) is 4.73. The summed E-state index contributed by atoms with van der Waals surface area (Å²) in [6.45, 7) is 3.91. The molecule has 2 unspecified atom stereocenters. The molecule has 1 saturated heterocycles. The lowest BCUT2D eigenvalue weighted by Crippen LogP contribution is -2.50. The van der Waals surface area contributed by atoms with Crippen LogP contribution in [0.2, 0.25) is 0 Å². The quantitative estimate of drug-likeness (QED) is 0.769. The number of aromatic amines is 1. The van der Waals surface area contributed by atoms with Crippen molar-refractivity contribution in [2.45, 2.75) is 45.1 Å². The van der Waals surface area contributed by atoms with Crippen molar-refractivity contribution in [1.29, 1.82) is 0 Å². The van der Waals surface area contributed by atoms with Crippen LogP contribution >= 0.6 is 12.4 Å². The second-order valence-electron chi connectivity index (χ2n) is 6.27. The van der Waals surface area contributed by atoms with Crippen LogP contribution in [0.1, 0.15) is 47.8 Å². The van der Waals surface area contributed by atoms with Gasteiger partial charge in [-0.25, -0.2) is 0 Å². The third kappa shape index (κ3) is 3.52. The smallest absolute Gasteiger partial charge is 0.261 e. The van der Waals surface area contributed by atoms with E-state index in [1.165, 1.54) is 0 Å². The fourth-order valence-corrected chi connectivity index (χ4v) is 3.27. The predicted molar refractivity (Wildman–Crippen MR) is 88.9 cm³/mol. The number of aryl methyl sites for hydroxylation is 2. The SMILES string of the molecule is CC1CCNCC1NC(=O)c1cc2c([nH]c1=O)CCCC2.Cl. The number of carbonyl (C=O) groups excluding carboxylic acids is 1. The van der Waals surface area contributed by atoms with E-state index in [-0.39, 0.29) is 35.5 Å². The van der Waals surface area contributed by atoms with Crippen molar-refractivity contribution < 1.29 is 4.79 Å². The highest BCUT2D eigenvalue weighted by Gasteiger charge is 2.24. The highest BCUT2D eigenvalue weighted by molar-refractivity contribution is 5.94. The Labute approximate surface area is 136 Å². The van der Waals surface area contributed by atoms with Crippen LogP contribution in [0.3, 0.4) is 0 Å². The van der Waals surface area contributed by atoms with Gasteiger partial charge in [0.25, 0.3) is 11.5 Å². The zero-order valence-corrected chi connectivity index (χ0v) is 13.7. The summed E-state index contributed by atoms with van der Waals surface area (Å²) in [6, 6.07) is 1.89. The summed E-state index contributed by atoms with van der Waals surface area (Å²) in [7, 11) is 0. The molecule has 122 valence electrons. The molecule has 0 radical (unpaired) electrons. The molecule has 1 aliphatic carbocycles. The molecule has 2 aliphatic rings. The second kappa shape index (κ2) is 7.29. The summed E-state index contributed by atoms with van der Waals surface area (Å²) in [5, 5.41) is 6.30. The largest absolute Gasteiger partial charge is 0.348 e. The standard InChI is InChI=1S/C16H23N3O2.ClH/c1-10-6-7-17-9-14(10)19-16(21)12-8-11-4-2-3-5-13(11)18-15(12)20;/h8,10,14,17H,2-7,9H2,1H3,(H,18,20)(H,19,21);1H. The Bertz CT molecular complexity index is 600. The molecule has 3 rings (SSSR count). The first-order chi connectivity index (χ1) is 10.1. The Morgan fingerprint density at radius 1 is 1.32 bits per heavy atom. The number of halogens is 1. The van der Waals surface area contributed by atoms with Gasteiger partial charge in [0.2, 0.25) is 0 Å². The molecule has 2 heterocycles. The van der Waals surface area contributed by atoms with Gasteiger partial charge >= 0.3 is 0 Å². The number of fused-ring (bicyclic) bond motifs is 1. The van der Waals surface area contributed by atoms with Crippen molar-refractivity contribution in [1.82, 2.24) is 15.6 Å². The number of nitrogens with one attached hydrogen (secondary N) is 3. The molecule has 1 aromatic heterocycles. The van der Waals surface area contributed by atoms with Gasteiger partial charge < -0.3 is 15.6 Å². The number of H-pyrrole nitrogens is 1. The number of carbonyl (C=O) groups is 1. The van der Waals surface area contributed by atoms with Gasteiger partial charge in [0, 0.05) is 18.3 Å². The molecular formula is C16H24ClN3O2. The van der Waals surface area contributed by atoms with E-state index in [0.29, 0.717) is 5.92 Å². The fourth-order valence-electron chi connectivity index (χ4n) is 3.27. The van der Waals surface area contributed by atoms with E-state index in [9.17, 15) is 9.59 Å². The van der Waals surface area contributed by atoms with Crippen molar-refractivity contribution in [2.75, 3.05) is 13.1 Å². The molecule has 1 aromatic rings. The third-order valence-electron chi connectivity index (χ3n) is 4.73. The lowest BCUT2D eigenvalue weighted by molar-refractivity contribution is 0.0913. The van der Waals surface area contributed by atoms with Gasteiger partial charge in [-0.05, 0) is 56.2 Å². The van der Waals surface area contributed by atoms with E-state index >= 15 is 0 Å². The minimum Gasteiger partial charge on any atom is -0.348 e. The summed E-state index contributed by atoms with van der Waals surface area (Å²) < 4.78 is 0. The Morgan fingerprint density at radius 2 is 2.09 bits per heavy atom. The summed E-state index contributed by atoms with van der Waals surface area (Å²) in [5.74, 6) is 0.192. The average molecular weight is 326 g/mol. The maximum Gasteiger partial charge on any atom is 0.261 e. The van der Waals surface area contributed by atoms with Crippen molar-refractivity contribution in [3.05, 3.63) is 33.2 Å². The monoisotopic (exact) mass is 325 g/mol. The summed E-state index contributed by atoms with van der Waals surface area (Å²) in [4.78, 5) is 27.4. The van der Waals surface area contributed by atoms with Crippen LogP contribution in [0, 0.1) is 5.92 Å². The predicted octanol–water partition coefficient (Wildman–Crippen LogP) is 1.40. The minimum absolute atomic E-state index is 0. The van der Waals surface area contributed by atoms with Crippen LogP contribution in [0.4, 0.5) is 0 Å². The molecule has 1 aliphatic heterocycles. The Balaban J connectivity index is 0.00000176. The first-order valence-electron chi connectivity index (χ1n) is 7.92. The number of rotatable bonds is 2. The zero-order valence-electron chi connectivity index (χ0n) is 12.9. The van der Waals surface area contributed by atoms with E-state index in [1.807, 2.05) is 0 Å². The first kappa shape index (κ1) is 17.0. The number of amides is 1. The van der Waals surface area contributed by atoms with Gasteiger partial charge in [0.05, 0.1) is 0 Å². The van der Waals surface area contributed by atoms with E-state index in [0.717, 1.165) is 56.5 Å². The maximum absolute atomic E-state index is 12.4. The summed E-state index contributed by atoms with van der Waals surface area (Å²) in [6.07, 6.45) is 5.15. The van der Waals surface area contributed by atoms with Crippen LogP contribution in [0.15, 0.2) is 10.9 Å². The van der Waals surface area contributed by atoms with Crippen molar-refractivity contribution >= 4 is 18.3 Å². The van der Waals surface area contributed by atoms with Crippen LogP contribution in [-0.2, 0) is 12.8 Å². The molecule has 22 heavy (non-hydrogen) atoms. The van der Waals surface area contributed by atoms with E-state index in [2.05, 4.69) is 22.5 Å². The van der Waals surface area contributed by atoms with E-state index in [1.54, 1.807) is 6.07 Å². The Kier molecular flexibility index (Phi) is 5.64. The van der Waals surface area contributed by atoms with Crippen molar-refractivity contribution in [3.63, 3.8) is 0 Å². The Hall–Kier alpha value is -1.33. The number of piperidine rings is 1. The summed E-state index contributed by atoms with van der Waals surface area (Å²) in [5.41, 5.74) is 2.13. The van der Waals surface area contributed by atoms with Crippen LogP contribution in [-0.4, -0.2) is 30.0 Å². The topological polar surface area (TPSA) is 74.0 Å². The van der Waals surface area contributed by atoms with Crippen LogP contribution in [0.25, 0.3) is 0 Å². The molecule has 2 atom stereocenters. The molecule has 5 nitrogen and oxygen atoms in total. The summed E-state index contributed by atoms with van der Waals surface area (Å²) >= 11 is 0. The molecule has 1 fully saturated rings. The van der Waals surface area contributed by atoms with Crippen molar-refractivity contribution in [3.8, 4) is 0 Å². The minimum atomic E-state index is -0.260. The lowest BCUT2D eigenvalue weighted by atomic mass is 9.93. The van der Waals surface area contributed by atoms with Crippen LogP contribution < -0.4 is 16.2 Å². The molecule has 0 bridgehead atoms. The fraction of sp³-hybridized carbons (Fsp3) is 0.625. The van der Waals surface area contributed by atoms with Gasteiger partial charge in [-0.15, -0.1) is 12.4 Å². The van der Waals surface area contributed by atoms with E-state index < -0.39 is 0 Å². The van der Waals surface area contributed by atoms with Gasteiger partial charge in [-0.3, -0.25) is 9.59 Å². The molecule has 0 saturated carbocycles. The van der Waals surface area contributed by atoms with Gasteiger partial charge in [0.1, 0.15) is 5.56 Å². The number of hydrogen-bond donors (Lipinski definition) is 3. The molecule has 0 aromatic carbocycles. The molecular weight excluding hydrogens is 302 g/mol. The maximum atomic E-state index is 12.4. The highest BCUT2D eigenvalue weighted by atomic mass is 35.5. The highest BCUT2D eigenvalue weighted by Crippen LogP contribution is 2.19. The van der Waals surface area contributed by atoms with E-state index in [4.69, 9.17) is 0 Å². The second-order valence-corrected chi connectivity index (χ2v) is 6.27. The van der Waals surface area contributed by atoms with Crippen molar-refractivity contribution in [2.24, 2.45) is 5.92 Å². The number of pyridine rings is 1. The first-order valence-corrected chi connectivity index (χ1v) is 7.92. The van der Waals surface area contributed by atoms with Gasteiger partial charge in [0.15, 0.2) is 0 Å². The molecule has 3 N–H and O–H groups in total. The molecule has 6 heteroatoms. The van der Waals surface area contributed by atoms with Gasteiger partial charge in [-0.2, -0.15) is 0 Å². The Morgan fingerprint density at radius 3 is 2.86 bits per heavy atom. The molecule has 0 spiro atoms. The number of hydrogen-bond acceptors (Lipinski definition) is 3.